The molecule has 2 rings (SSSR count). The topological polar surface area (TPSA) is 60.5 Å². The second-order valence-corrected chi connectivity index (χ2v) is 4.22. The van der Waals surface area contributed by atoms with Gasteiger partial charge in [-0.2, -0.15) is 0 Å². The van der Waals surface area contributed by atoms with Gasteiger partial charge in [0.15, 0.2) is 11.5 Å². The molecule has 2 aromatic rings. The van der Waals surface area contributed by atoms with Gasteiger partial charge < -0.3 is 14.8 Å². The van der Waals surface area contributed by atoms with Crippen molar-refractivity contribution in [1.29, 1.82) is 0 Å². The Kier molecular flexibility index (Phi) is 4.42. The van der Waals surface area contributed by atoms with Gasteiger partial charge in [-0.15, -0.1) is 0 Å². The Balaban J connectivity index is 2.22. The number of hydrogen-bond acceptors (Lipinski definition) is 4. The molecule has 0 aliphatic carbocycles. The zero-order valence-electron chi connectivity index (χ0n) is 11.0. The van der Waals surface area contributed by atoms with Crippen molar-refractivity contribution in [2.75, 3.05) is 19.5 Å². The smallest absolute Gasteiger partial charge is 0.258 e. The lowest BCUT2D eigenvalue weighted by Crippen LogP contribution is -2.13. The monoisotopic (exact) mass is 292 g/mol. The number of methoxy groups -OCH3 is 2. The van der Waals surface area contributed by atoms with Crippen LogP contribution in [-0.2, 0) is 0 Å². The van der Waals surface area contributed by atoms with Crippen LogP contribution in [0.25, 0.3) is 0 Å². The summed E-state index contributed by atoms with van der Waals surface area (Å²) in [6.45, 7) is 0. The van der Waals surface area contributed by atoms with Crippen LogP contribution in [0.4, 0.5) is 5.69 Å². The van der Waals surface area contributed by atoms with E-state index in [-0.39, 0.29) is 11.1 Å². The number of anilines is 1. The van der Waals surface area contributed by atoms with E-state index in [9.17, 15) is 4.79 Å². The van der Waals surface area contributed by atoms with Gasteiger partial charge in [0, 0.05) is 18.0 Å². The molecule has 6 heteroatoms. The lowest BCUT2D eigenvalue weighted by Gasteiger charge is -2.10. The molecular weight excluding hydrogens is 280 g/mol. The number of aromatic nitrogens is 1. The maximum Gasteiger partial charge on any atom is 0.258 e. The average Bonchev–Trinajstić information content (AvgIpc) is 2.47. The lowest BCUT2D eigenvalue weighted by molar-refractivity contribution is 0.102. The summed E-state index contributed by atoms with van der Waals surface area (Å²) in [6.07, 6.45) is 1.52. The van der Waals surface area contributed by atoms with Gasteiger partial charge >= 0.3 is 0 Å². The summed E-state index contributed by atoms with van der Waals surface area (Å²) in [4.78, 5) is 15.9. The Labute approximate surface area is 121 Å². The summed E-state index contributed by atoms with van der Waals surface area (Å²) in [7, 11) is 3.08. The molecule has 1 aromatic carbocycles. The number of halogens is 1. The van der Waals surface area contributed by atoms with Crippen LogP contribution in [-0.4, -0.2) is 25.1 Å². The molecule has 0 aliphatic heterocycles. The van der Waals surface area contributed by atoms with Crippen molar-refractivity contribution < 1.29 is 14.3 Å². The molecule has 1 heterocycles. The maximum absolute atomic E-state index is 12.1. The highest BCUT2D eigenvalue weighted by Crippen LogP contribution is 2.30. The van der Waals surface area contributed by atoms with Crippen LogP contribution < -0.4 is 14.8 Å². The SMILES string of the molecule is COc1ccc(NC(=O)c2cccnc2Cl)cc1OC. The first kappa shape index (κ1) is 14.1. The number of ether oxygens (including phenoxy) is 2. The molecule has 0 radical (unpaired) electrons. The van der Waals surface area contributed by atoms with E-state index < -0.39 is 0 Å². The van der Waals surface area contributed by atoms with Crippen molar-refractivity contribution in [3.63, 3.8) is 0 Å². The third-order valence-electron chi connectivity index (χ3n) is 2.65. The highest BCUT2D eigenvalue weighted by atomic mass is 35.5. The molecule has 0 unspecified atom stereocenters. The molecule has 20 heavy (non-hydrogen) atoms. The Morgan fingerprint density at radius 2 is 1.95 bits per heavy atom. The molecule has 1 aromatic heterocycles. The van der Waals surface area contributed by atoms with Crippen molar-refractivity contribution in [3.05, 3.63) is 47.2 Å². The number of rotatable bonds is 4. The largest absolute Gasteiger partial charge is 0.493 e. The molecule has 104 valence electrons. The van der Waals surface area contributed by atoms with E-state index >= 15 is 0 Å². The Hall–Kier alpha value is -2.27. The Morgan fingerprint density at radius 3 is 2.60 bits per heavy atom. The van der Waals surface area contributed by atoms with E-state index in [4.69, 9.17) is 21.1 Å². The predicted octanol–water partition coefficient (Wildman–Crippen LogP) is 3.00. The first-order valence-corrected chi connectivity index (χ1v) is 6.17. The van der Waals surface area contributed by atoms with E-state index in [1.807, 2.05) is 0 Å². The number of pyridine rings is 1. The number of benzene rings is 1. The lowest BCUT2D eigenvalue weighted by atomic mass is 10.2. The number of nitrogens with one attached hydrogen (secondary N) is 1. The van der Waals surface area contributed by atoms with E-state index in [1.54, 1.807) is 37.4 Å². The van der Waals surface area contributed by atoms with Gasteiger partial charge in [-0.05, 0) is 24.3 Å². The van der Waals surface area contributed by atoms with Crippen molar-refractivity contribution in [1.82, 2.24) is 4.98 Å². The second-order valence-electron chi connectivity index (χ2n) is 3.87. The number of carbonyl (C=O) groups is 1. The second kappa shape index (κ2) is 6.25. The minimum Gasteiger partial charge on any atom is -0.493 e. The molecule has 1 amide bonds. The molecular formula is C14H13ClN2O3. The van der Waals surface area contributed by atoms with Gasteiger partial charge in [0.25, 0.3) is 5.91 Å². The standard InChI is InChI=1S/C14H13ClN2O3/c1-19-11-6-5-9(8-12(11)20-2)17-14(18)10-4-3-7-16-13(10)15/h3-8H,1-2H3,(H,17,18). The van der Waals surface area contributed by atoms with E-state index in [0.29, 0.717) is 22.7 Å². The van der Waals surface area contributed by atoms with Crippen LogP contribution in [0, 0.1) is 0 Å². The Morgan fingerprint density at radius 1 is 1.20 bits per heavy atom. The summed E-state index contributed by atoms with van der Waals surface area (Å²) in [5, 5.41) is 2.88. The molecule has 0 bridgehead atoms. The average molecular weight is 293 g/mol. The third-order valence-corrected chi connectivity index (χ3v) is 2.95. The number of carbonyl (C=O) groups excluding carboxylic acids is 1. The number of amides is 1. The van der Waals surface area contributed by atoms with E-state index in [2.05, 4.69) is 10.3 Å². The molecule has 5 nitrogen and oxygen atoms in total. The van der Waals surface area contributed by atoms with Gasteiger partial charge in [0.1, 0.15) is 5.15 Å². The summed E-state index contributed by atoms with van der Waals surface area (Å²) in [5.41, 5.74) is 0.886. The summed E-state index contributed by atoms with van der Waals surface area (Å²) in [6, 6.07) is 8.34. The van der Waals surface area contributed by atoms with Crippen molar-refractivity contribution in [3.8, 4) is 11.5 Å². The van der Waals surface area contributed by atoms with Gasteiger partial charge in [-0.1, -0.05) is 11.6 Å². The minimum absolute atomic E-state index is 0.158. The number of nitrogens with zero attached hydrogens (tertiary/aromatic N) is 1. The van der Waals surface area contributed by atoms with Crippen LogP contribution in [0.15, 0.2) is 36.5 Å². The first-order chi connectivity index (χ1) is 9.65. The predicted molar refractivity (Wildman–Crippen MR) is 76.7 cm³/mol. The first-order valence-electron chi connectivity index (χ1n) is 5.79. The van der Waals surface area contributed by atoms with Gasteiger partial charge in [-0.3, -0.25) is 4.79 Å². The number of hydrogen-bond donors (Lipinski definition) is 1. The zero-order chi connectivity index (χ0) is 14.5. The molecule has 1 N–H and O–H groups in total. The summed E-state index contributed by atoms with van der Waals surface area (Å²) in [5.74, 6) is 0.780. The van der Waals surface area contributed by atoms with Crippen molar-refractivity contribution >= 4 is 23.2 Å². The van der Waals surface area contributed by atoms with Crippen LogP contribution >= 0.6 is 11.6 Å². The molecule has 0 saturated carbocycles. The van der Waals surface area contributed by atoms with Crippen LogP contribution in [0.1, 0.15) is 10.4 Å². The molecule has 0 aliphatic rings. The minimum atomic E-state index is -0.338. The van der Waals surface area contributed by atoms with Crippen LogP contribution in [0.3, 0.4) is 0 Å². The van der Waals surface area contributed by atoms with Gasteiger partial charge in [-0.25, -0.2) is 4.98 Å². The quantitative estimate of drug-likeness (QED) is 0.880. The molecule has 0 saturated heterocycles. The highest BCUT2D eigenvalue weighted by molar-refractivity contribution is 6.33. The maximum atomic E-state index is 12.1. The normalized spacial score (nSPS) is 9.95. The molecule has 0 spiro atoms. The van der Waals surface area contributed by atoms with Crippen LogP contribution in [0.5, 0.6) is 11.5 Å². The van der Waals surface area contributed by atoms with E-state index in [1.165, 1.54) is 13.3 Å². The molecule has 0 atom stereocenters. The fourth-order valence-corrected chi connectivity index (χ4v) is 1.87. The summed E-state index contributed by atoms with van der Waals surface area (Å²) >= 11 is 5.87. The van der Waals surface area contributed by atoms with Gasteiger partial charge in [0.05, 0.1) is 19.8 Å². The van der Waals surface area contributed by atoms with E-state index in [0.717, 1.165) is 0 Å². The van der Waals surface area contributed by atoms with Gasteiger partial charge in [0.2, 0.25) is 0 Å². The van der Waals surface area contributed by atoms with Crippen LogP contribution in [0.2, 0.25) is 5.15 Å². The summed E-state index contributed by atoms with van der Waals surface area (Å²) < 4.78 is 10.3. The highest BCUT2D eigenvalue weighted by Gasteiger charge is 2.12. The fraction of sp³-hybridized carbons (Fsp3) is 0.143. The third kappa shape index (κ3) is 3.00. The molecule has 0 fully saturated rings. The fourth-order valence-electron chi connectivity index (χ4n) is 1.67. The zero-order valence-corrected chi connectivity index (χ0v) is 11.8. The van der Waals surface area contributed by atoms with Crippen molar-refractivity contribution in [2.45, 2.75) is 0 Å². The Bertz CT molecular complexity index is 632. The van der Waals surface area contributed by atoms with Crippen molar-refractivity contribution in [2.24, 2.45) is 0 Å².